The number of rotatable bonds is 3. The van der Waals surface area contributed by atoms with Crippen molar-refractivity contribution in [3.63, 3.8) is 0 Å². The molecule has 0 bridgehead atoms. The number of anilines is 1. The average molecular weight is 339 g/mol. The molecule has 0 spiro atoms. The highest BCUT2D eigenvalue weighted by Gasteiger charge is 2.14. The Kier molecular flexibility index (Phi) is 3.39. The number of benzene rings is 1. The van der Waals surface area contributed by atoms with Gasteiger partial charge in [-0.1, -0.05) is 23.5 Å². The van der Waals surface area contributed by atoms with Gasteiger partial charge in [0.15, 0.2) is 0 Å². The lowest BCUT2D eigenvalue weighted by Gasteiger charge is -2.01. The van der Waals surface area contributed by atoms with Crippen molar-refractivity contribution in [3.8, 4) is 10.6 Å². The summed E-state index contributed by atoms with van der Waals surface area (Å²) in [6, 6.07) is 9.24. The molecule has 0 saturated heterocycles. The zero-order valence-corrected chi connectivity index (χ0v) is 13.6. The van der Waals surface area contributed by atoms with Gasteiger partial charge in [-0.05, 0) is 30.7 Å². The van der Waals surface area contributed by atoms with Gasteiger partial charge in [-0.2, -0.15) is 9.61 Å². The van der Waals surface area contributed by atoms with E-state index >= 15 is 0 Å². The summed E-state index contributed by atoms with van der Waals surface area (Å²) in [4.78, 5) is 13.0. The molecular weight excluding hydrogens is 326 g/mol. The summed E-state index contributed by atoms with van der Waals surface area (Å²) < 4.78 is 6.53. The van der Waals surface area contributed by atoms with E-state index in [4.69, 9.17) is 10.2 Å². The van der Waals surface area contributed by atoms with Gasteiger partial charge in [-0.3, -0.25) is 4.79 Å². The van der Waals surface area contributed by atoms with Gasteiger partial charge < -0.3 is 10.2 Å². The van der Waals surface area contributed by atoms with Crippen molar-refractivity contribution < 1.29 is 4.42 Å². The predicted octanol–water partition coefficient (Wildman–Crippen LogP) is 2.29. The number of fused-ring (bicyclic) bond motifs is 1. The van der Waals surface area contributed by atoms with E-state index in [9.17, 15) is 4.79 Å². The van der Waals surface area contributed by atoms with E-state index in [1.165, 1.54) is 15.9 Å². The van der Waals surface area contributed by atoms with E-state index in [1.54, 1.807) is 18.4 Å². The van der Waals surface area contributed by atoms with Gasteiger partial charge in [0.25, 0.3) is 5.56 Å². The number of aromatic nitrogens is 4. The van der Waals surface area contributed by atoms with Crippen LogP contribution in [0.2, 0.25) is 0 Å². The van der Waals surface area contributed by atoms with E-state index in [1.807, 2.05) is 25.1 Å². The molecule has 0 unspecified atom stereocenters. The fourth-order valence-corrected chi connectivity index (χ4v) is 3.16. The number of nitrogen functional groups attached to an aromatic ring is 1. The molecule has 7 nitrogen and oxygen atoms in total. The molecule has 3 aromatic heterocycles. The van der Waals surface area contributed by atoms with Gasteiger partial charge in [-0.15, -0.1) is 10.2 Å². The van der Waals surface area contributed by atoms with Crippen LogP contribution in [0.5, 0.6) is 0 Å². The molecule has 0 radical (unpaired) electrons. The highest BCUT2D eigenvalue weighted by atomic mass is 32.1. The van der Waals surface area contributed by atoms with Crippen molar-refractivity contribution in [3.05, 3.63) is 64.0 Å². The molecule has 0 fully saturated rings. The van der Waals surface area contributed by atoms with Crippen LogP contribution in [0, 0.1) is 6.92 Å². The normalized spacial score (nSPS) is 11.2. The zero-order chi connectivity index (χ0) is 16.7. The second-order valence-corrected chi connectivity index (χ2v) is 6.34. The molecule has 0 amide bonds. The van der Waals surface area contributed by atoms with Gasteiger partial charge in [0.05, 0.1) is 12.7 Å². The Balaban J connectivity index is 1.79. The molecule has 120 valence electrons. The number of hydrogen-bond acceptors (Lipinski definition) is 7. The van der Waals surface area contributed by atoms with Gasteiger partial charge in [0.1, 0.15) is 16.5 Å². The van der Waals surface area contributed by atoms with Crippen LogP contribution in [-0.4, -0.2) is 19.8 Å². The van der Waals surface area contributed by atoms with Gasteiger partial charge in [0.2, 0.25) is 4.96 Å². The number of nitrogens with two attached hydrogens (primary N) is 1. The lowest BCUT2D eigenvalue weighted by Crippen LogP contribution is -2.22. The summed E-state index contributed by atoms with van der Waals surface area (Å²) in [5.41, 5.74) is 8.48. The second-order valence-electron chi connectivity index (χ2n) is 5.38. The number of nitrogens with zero attached hydrogens (tertiary/aromatic N) is 4. The Bertz CT molecular complexity index is 1080. The lowest BCUT2D eigenvalue weighted by molar-refractivity contribution is 0.517. The summed E-state index contributed by atoms with van der Waals surface area (Å²) in [5.74, 6) is 0.656. The standard InChI is InChI=1S/C16H13N5O2S/c1-9-4-5-10(7-12(9)17)14-20-21-15(22)13(18-19-16(21)24-14)8-11-3-2-6-23-11/h2-7H,8,17H2,1H3. The highest BCUT2D eigenvalue weighted by molar-refractivity contribution is 7.19. The highest BCUT2D eigenvalue weighted by Crippen LogP contribution is 2.26. The quantitative estimate of drug-likeness (QED) is 0.575. The summed E-state index contributed by atoms with van der Waals surface area (Å²) in [7, 11) is 0. The second kappa shape index (κ2) is 5.57. The maximum Gasteiger partial charge on any atom is 0.297 e. The Labute approximate surface area is 140 Å². The minimum Gasteiger partial charge on any atom is -0.469 e. The molecular formula is C16H13N5O2S. The Hall–Kier alpha value is -3.00. The molecule has 8 heteroatoms. The minimum absolute atomic E-state index is 0.284. The van der Waals surface area contributed by atoms with E-state index in [-0.39, 0.29) is 12.0 Å². The Morgan fingerprint density at radius 2 is 2.17 bits per heavy atom. The average Bonchev–Trinajstić information content (AvgIpc) is 3.22. The van der Waals surface area contributed by atoms with E-state index in [2.05, 4.69) is 15.3 Å². The third-order valence-electron chi connectivity index (χ3n) is 3.70. The molecule has 3 heterocycles. The topological polar surface area (TPSA) is 99.3 Å². The third kappa shape index (κ3) is 2.46. The van der Waals surface area contributed by atoms with Crippen LogP contribution in [0.3, 0.4) is 0 Å². The van der Waals surface area contributed by atoms with Crippen LogP contribution in [-0.2, 0) is 6.42 Å². The van der Waals surface area contributed by atoms with Gasteiger partial charge in [-0.25, -0.2) is 0 Å². The van der Waals surface area contributed by atoms with Crippen LogP contribution in [0.15, 0.2) is 45.8 Å². The zero-order valence-electron chi connectivity index (χ0n) is 12.8. The monoisotopic (exact) mass is 339 g/mol. The van der Waals surface area contributed by atoms with Crippen molar-refractivity contribution in [2.75, 3.05) is 5.73 Å². The first-order chi connectivity index (χ1) is 11.6. The van der Waals surface area contributed by atoms with Crippen molar-refractivity contribution in [2.24, 2.45) is 0 Å². The molecule has 0 atom stereocenters. The van der Waals surface area contributed by atoms with Crippen molar-refractivity contribution in [1.29, 1.82) is 0 Å². The Morgan fingerprint density at radius 1 is 1.29 bits per heavy atom. The molecule has 0 aliphatic carbocycles. The largest absolute Gasteiger partial charge is 0.469 e. The molecule has 1 aromatic carbocycles. The third-order valence-corrected chi connectivity index (χ3v) is 4.65. The lowest BCUT2D eigenvalue weighted by atomic mass is 10.1. The van der Waals surface area contributed by atoms with Gasteiger partial charge >= 0.3 is 0 Å². The number of hydrogen-bond donors (Lipinski definition) is 1. The molecule has 0 saturated carbocycles. The van der Waals surface area contributed by atoms with E-state index in [0.29, 0.717) is 27.1 Å². The molecule has 0 aliphatic rings. The molecule has 4 rings (SSSR count). The van der Waals surface area contributed by atoms with E-state index in [0.717, 1.165) is 11.1 Å². The summed E-state index contributed by atoms with van der Waals surface area (Å²) in [5, 5.41) is 13.2. The van der Waals surface area contributed by atoms with E-state index < -0.39 is 0 Å². The number of furan rings is 1. The van der Waals surface area contributed by atoms with Crippen LogP contribution in [0.4, 0.5) is 5.69 Å². The van der Waals surface area contributed by atoms with Crippen LogP contribution >= 0.6 is 11.3 Å². The SMILES string of the molecule is Cc1ccc(-c2nn3c(=O)c(Cc4ccco4)nnc3s2)cc1N. The molecule has 0 aliphatic heterocycles. The van der Waals surface area contributed by atoms with Crippen LogP contribution < -0.4 is 11.3 Å². The van der Waals surface area contributed by atoms with Crippen molar-refractivity contribution >= 4 is 22.0 Å². The first kappa shape index (κ1) is 14.6. The predicted molar refractivity (Wildman–Crippen MR) is 91.0 cm³/mol. The smallest absolute Gasteiger partial charge is 0.297 e. The van der Waals surface area contributed by atoms with Crippen LogP contribution in [0.1, 0.15) is 17.0 Å². The summed E-state index contributed by atoms with van der Waals surface area (Å²) >= 11 is 1.30. The molecule has 24 heavy (non-hydrogen) atoms. The maximum absolute atomic E-state index is 12.6. The summed E-state index contributed by atoms with van der Waals surface area (Å²) in [6.07, 6.45) is 1.84. The van der Waals surface area contributed by atoms with Gasteiger partial charge in [0, 0.05) is 11.3 Å². The fraction of sp³-hybridized carbons (Fsp3) is 0.125. The van der Waals surface area contributed by atoms with Crippen LogP contribution in [0.25, 0.3) is 15.5 Å². The fourth-order valence-electron chi connectivity index (χ4n) is 2.33. The first-order valence-electron chi connectivity index (χ1n) is 7.26. The maximum atomic E-state index is 12.6. The molecule has 4 aromatic rings. The Morgan fingerprint density at radius 3 is 2.92 bits per heavy atom. The molecule has 2 N–H and O–H groups in total. The van der Waals surface area contributed by atoms with Crippen molar-refractivity contribution in [1.82, 2.24) is 19.8 Å². The number of aryl methyl sites for hydroxylation is 1. The van der Waals surface area contributed by atoms with Crippen molar-refractivity contribution in [2.45, 2.75) is 13.3 Å². The summed E-state index contributed by atoms with van der Waals surface area (Å²) in [6.45, 7) is 1.94. The minimum atomic E-state index is -0.293. The first-order valence-corrected chi connectivity index (χ1v) is 8.08.